The normalized spacial score (nSPS) is 10.3. The lowest BCUT2D eigenvalue weighted by Gasteiger charge is -2.06. The zero-order valence-electron chi connectivity index (χ0n) is 9.55. The molecule has 0 atom stereocenters. The number of carboxylic acid groups (broad SMARTS) is 1. The van der Waals surface area contributed by atoms with E-state index in [2.05, 4.69) is 4.98 Å². The van der Waals surface area contributed by atoms with Crippen molar-refractivity contribution < 1.29 is 9.90 Å². The summed E-state index contributed by atoms with van der Waals surface area (Å²) in [6.07, 6.45) is 0. The molecule has 1 heterocycles. The van der Waals surface area contributed by atoms with Gasteiger partial charge in [-0.1, -0.05) is 23.4 Å². The van der Waals surface area contributed by atoms with Crippen molar-refractivity contribution in [3.8, 4) is 0 Å². The van der Waals surface area contributed by atoms with E-state index in [-0.39, 0.29) is 5.56 Å². The highest BCUT2D eigenvalue weighted by atomic mass is 35.5. The SMILES string of the molecule is Cc1ccc(C(=O)O)c(Sc2ccc(Cl)cc2)n1. The van der Waals surface area contributed by atoms with Crippen molar-refractivity contribution in [2.45, 2.75) is 16.8 Å². The number of rotatable bonds is 3. The zero-order chi connectivity index (χ0) is 13.1. The Morgan fingerprint density at radius 2 is 1.89 bits per heavy atom. The molecule has 2 rings (SSSR count). The Morgan fingerprint density at radius 1 is 1.22 bits per heavy atom. The molecule has 1 aromatic carbocycles. The highest BCUT2D eigenvalue weighted by molar-refractivity contribution is 7.99. The van der Waals surface area contributed by atoms with Crippen LogP contribution >= 0.6 is 23.4 Å². The lowest BCUT2D eigenvalue weighted by Crippen LogP contribution is -2.01. The Labute approximate surface area is 114 Å². The maximum absolute atomic E-state index is 11.1. The molecule has 0 aliphatic rings. The van der Waals surface area contributed by atoms with Crippen LogP contribution in [0.1, 0.15) is 16.1 Å². The van der Waals surface area contributed by atoms with Crippen LogP contribution in [0.15, 0.2) is 46.3 Å². The largest absolute Gasteiger partial charge is 0.478 e. The molecule has 0 aliphatic carbocycles. The van der Waals surface area contributed by atoms with Crippen LogP contribution in [-0.2, 0) is 0 Å². The van der Waals surface area contributed by atoms with Crippen molar-refractivity contribution >= 4 is 29.3 Å². The lowest BCUT2D eigenvalue weighted by molar-refractivity contribution is 0.0692. The van der Waals surface area contributed by atoms with Gasteiger partial charge in [0.05, 0.1) is 5.56 Å². The molecule has 1 aromatic heterocycles. The number of pyridine rings is 1. The van der Waals surface area contributed by atoms with Gasteiger partial charge in [-0.3, -0.25) is 0 Å². The summed E-state index contributed by atoms with van der Waals surface area (Å²) in [6.45, 7) is 1.83. The number of halogens is 1. The predicted molar refractivity (Wildman–Crippen MR) is 71.5 cm³/mol. The van der Waals surface area contributed by atoms with E-state index < -0.39 is 5.97 Å². The van der Waals surface area contributed by atoms with Crippen LogP contribution in [0.4, 0.5) is 0 Å². The lowest BCUT2D eigenvalue weighted by atomic mass is 10.2. The Balaban J connectivity index is 2.35. The molecule has 0 bridgehead atoms. The summed E-state index contributed by atoms with van der Waals surface area (Å²) in [5.74, 6) is -0.973. The Kier molecular flexibility index (Phi) is 3.89. The molecule has 5 heteroatoms. The van der Waals surface area contributed by atoms with Gasteiger partial charge in [-0.05, 0) is 43.3 Å². The minimum absolute atomic E-state index is 0.209. The topological polar surface area (TPSA) is 50.2 Å². The van der Waals surface area contributed by atoms with E-state index in [1.54, 1.807) is 24.3 Å². The van der Waals surface area contributed by atoms with Gasteiger partial charge in [-0.15, -0.1) is 0 Å². The van der Waals surface area contributed by atoms with Crippen molar-refractivity contribution in [2.75, 3.05) is 0 Å². The van der Waals surface area contributed by atoms with Crippen molar-refractivity contribution in [1.82, 2.24) is 4.98 Å². The minimum Gasteiger partial charge on any atom is -0.478 e. The fraction of sp³-hybridized carbons (Fsp3) is 0.0769. The summed E-state index contributed by atoms with van der Waals surface area (Å²) in [6, 6.07) is 10.5. The molecule has 0 unspecified atom stereocenters. The van der Waals surface area contributed by atoms with Gasteiger partial charge in [0, 0.05) is 15.6 Å². The second kappa shape index (κ2) is 5.42. The summed E-state index contributed by atoms with van der Waals surface area (Å²) in [4.78, 5) is 16.3. The van der Waals surface area contributed by atoms with E-state index in [0.717, 1.165) is 10.6 Å². The van der Waals surface area contributed by atoms with Gasteiger partial charge in [0.25, 0.3) is 0 Å². The predicted octanol–water partition coefficient (Wildman–Crippen LogP) is 3.89. The summed E-state index contributed by atoms with van der Waals surface area (Å²) in [5, 5.41) is 10.2. The fourth-order valence-electron chi connectivity index (χ4n) is 1.39. The Bertz CT molecular complexity index is 584. The highest BCUT2D eigenvalue weighted by Crippen LogP contribution is 2.29. The maximum atomic E-state index is 11.1. The molecule has 0 aliphatic heterocycles. The molecule has 1 N–H and O–H groups in total. The Hall–Kier alpha value is -1.52. The number of carbonyl (C=O) groups is 1. The first-order valence-electron chi connectivity index (χ1n) is 5.20. The smallest absolute Gasteiger partial charge is 0.338 e. The summed E-state index contributed by atoms with van der Waals surface area (Å²) < 4.78 is 0. The monoisotopic (exact) mass is 279 g/mol. The second-order valence-corrected chi connectivity index (χ2v) is 5.17. The number of aromatic nitrogens is 1. The number of carboxylic acids is 1. The molecule has 92 valence electrons. The molecule has 0 radical (unpaired) electrons. The third-order valence-electron chi connectivity index (χ3n) is 2.26. The van der Waals surface area contributed by atoms with E-state index in [0.29, 0.717) is 10.0 Å². The molecule has 0 spiro atoms. The van der Waals surface area contributed by atoms with Crippen LogP contribution < -0.4 is 0 Å². The van der Waals surface area contributed by atoms with Crippen LogP contribution in [0.25, 0.3) is 0 Å². The quantitative estimate of drug-likeness (QED) is 0.926. The number of benzene rings is 1. The summed E-state index contributed by atoms with van der Waals surface area (Å²) >= 11 is 7.12. The van der Waals surface area contributed by atoms with Crippen molar-refractivity contribution in [3.05, 3.63) is 52.7 Å². The molecule has 0 saturated carbocycles. The molecule has 0 amide bonds. The van der Waals surface area contributed by atoms with E-state index >= 15 is 0 Å². The molecule has 18 heavy (non-hydrogen) atoms. The minimum atomic E-state index is -0.973. The zero-order valence-corrected chi connectivity index (χ0v) is 11.1. The van der Waals surface area contributed by atoms with Crippen molar-refractivity contribution in [3.63, 3.8) is 0 Å². The molecular weight excluding hydrogens is 270 g/mol. The van der Waals surface area contributed by atoms with E-state index in [1.807, 2.05) is 19.1 Å². The van der Waals surface area contributed by atoms with Crippen LogP contribution in [0, 0.1) is 6.92 Å². The van der Waals surface area contributed by atoms with Gasteiger partial charge in [-0.2, -0.15) is 0 Å². The first-order valence-corrected chi connectivity index (χ1v) is 6.40. The molecule has 3 nitrogen and oxygen atoms in total. The van der Waals surface area contributed by atoms with E-state index in [1.165, 1.54) is 11.8 Å². The highest BCUT2D eigenvalue weighted by Gasteiger charge is 2.12. The van der Waals surface area contributed by atoms with Crippen LogP contribution in [0.5, 0.6) is 0 Å². The number of aryl methyl sites for hydroxylation is 1. The first-order chi connectivity index (χ1) is 8.56. The first kappa shape index (κ1) is 12.9. The van der Waals surface area contributed by atoms with E-state index in [9.17, 15) is 4.79 Å². The van der Waals surface area contributed by atoms with Gasteiger partial charge in [0.2, 0.25) is 0 Å². The molecular formula is C13H10ClNO2S. The standard InChI is InChI=1S/C13H10ClNO2S/c1-8-2-7-11(13(16)17)12(15-8)18-10-5-3-9(14)4-6-10/h2-7H,1H3,(H,16,17). The molecule has 0 saturated heterocycles. The van der Waals surface area contributed by atoms with E-state index in [4.69, 9.17) is 16.7 Å². The number of hydrogen-bond donors (Lipinski definition) is 1. The number of hydrogen-bond acceptors (Lipinski definition) is 3. The van der Waals surface area contributed by atoms with Crippen molar-refractivity contribution in [1.29, 1.82) is 0 Å². The average Bonchev–Trinajstić information content (AvgIpc) is 2.32. The third-order valence-corrected chi connectivity index (χ3v) is 3.52. The second-order valence-electron chi connectivity index (χ2n) is 3.67. The van der Waals surface area contributed by atoms with Crippen LogP contribution in [-0.4, -0.2) is 16.1 Å². The Morgan fingerprint density at radius 3 is 2.50 bits per heavy atom. The van der Waals surface area contributed by atoms with Gasteiger partial charge >= 0.3 is 5.97 Å². The van der Waals surface area contributed by atoms with Gasteiger partial charge in [0.15, 0.2) is 0 Å². The van der Waals surface area contributed by atoms with Gasteiger partial charge in [0.1, 0.15) is 5.03 Å². The number of aromatic carboxylic acids is 1. The van der Waals surface area contributed by atoms with Crippen LogP contribution in [0.2, 0.25) is 5.02 Å². The van der Waals surface area contributed by atoms with Crippen molar-refractivity contribution in [2.24, 2.45) is 0 Å². The maximum Gasteiger partial charge on any atom is 0.338 e. The third kappa shape index (κ3) is 3.03. The number of nitrogens with zero attached hydrogens (tertiary/aromatic N) is 1. The average molecular weight is 280 g/mol. The van der Waals surface area contributed by atoms with Crippen LogP contribution in [0.3, 0.4) is 0 Å². The summed E-state index contributed by atoms with van der Waals surface area (Å²) in [7, 11) is 0. The summed E-state index contributed by atoms with van der Waals surface area (Å²) in [5.41, 5.74) is 0.997. The van der Waals surface area contributed by atoms with Gasteiger partial charge < -0.3 is 5.11 Å². The fourth-order valence-corrected chi connectivity index (χ4v) is 2.46. The van der Waals surface area contributed by atoms with Gasteiger partial charge in [-0.25, -0.2) is 9.78 Å². The molecule has 2 aromatic rings. The molecule has 0 fully saturated rings.